The van der Waals surface area contributed by atoms with Crippen molar-refractivity contribution in [1.29, 1.82) is 0 Å². The van der Waals surface area contributed by atoms with Crippen LogP contribution in [0, 0.1) is 0 Å². The first-order valence-electron chi connectivity index (χ1n) is 5.65. The molecule has 0 aliphatic rings. The topological polar surface area (TPSA) is 42.0 Å². The Bertz CT molecular complexity index is 384. The van der Waals surface area contributed by atoms with E-state index in [2.05, 4.69) is 16.3 Å². The molecule has 17 heavy (non-hydrogen) atoms. The van der Waals surface area contributed by atoms with E-state index in [1.165, 1.54) is 0 Å². The van der Waals surface area contributed by atoms with E-state index < -0.39 is 11.0 Å². The van der Waals surface area contributed by atoms with Crippen LogP contribution in [0.3, 0.4) is 0 Å². The van der Waals surface area contributed by atoms with Crippen LogP contribution in [0.1, 0.15) is 38.9 Å². The van der Waals surface area contributed by atoms with E-state index in [0.717, 1.165) is 5.69 Å². The molecule has 0 radical (unpaired) electrons. The Hall–Kier alpha value is -1.00. The lowest BCUT2D eigenvalue weighted by Gasteiger charge is -2.23. The molecule has 2 unspecified atom stereocenters. The molecule has 3 nitrogen and oxygen atoms in total. The summed E-state index contributed by atoms with van der Waals surface area (Å²) in [7, 11) is -1.11. The number of rotatable bonds is 5. The van der Waals surface area contributed by atoms with Crippen LogP contribution in [-0.4, -0.2) is 13.9 Å². The molecule has 1 aromatic rings. The average molecular weight is 252 g/mol. The van der Waals surface area contributed by atoms with Crippen molar-refractivity contribution in [3.63, 3.8) is 0 Å². The van der Waals surface area contributed by atoms with Crippen LogP contribution >= 0.6 is 0 Å². The summed E-state index contributed by atoms with van der Waals surface area (Å²) in [4.78, 5) is 4.29. The second-order valence-corrected chi connectivity index (χ2v) is 6.83. The maximum atomic E-state index is 12.1. The molecule has 1 heterocycles. The minimum Gasteiger partial charge on any atom is -0.260 e. The van der Waals surface area contributed by atoms with Crippen LogP contribution in [0.4, 0.5) is 0 Å². The fraction of sp³-hybridized carbons (Fsp3) is 0.462. The van der Waals surface area contributed by atoms with Crippen molar-refractivity contribution in [2.24, 2.45) is 0 Å². The first kappa shape index (κ1) is 14.1. The lowest BCUT2D eigenvalue weighted by molar-refractivity contribution is 0.594. The van der Waals surface area contributed by atoms with Gasteiger partial charge in [0.15, 0.2) is 0 Å². The molecule has 0 aromatic carbocycles. The second-order valence-electron chi connectivity index (χ2n) is 4.83. The summed E-state index contributed by atoms with van der Waals surface area (Å²) < 4.78 is 14.9. The van der Waals surface area contributed by atoms with Crippen LogP contribution in [0.2, 0.25) is 0 Å². The van der Waals surface area contributed by atoms with E-state index in [9.17, 15) is 4.21 Å². The van der Waals surface area contributed by atoms with E-state index >= 15 is 0 Å². The minimum absolute atomic E-state index is 0.0474. The lowest BCUT2D eigenvalue weighted by atomic mass is 10.1. The monoisotopic (exact) mass is 252 g/mol. The Labute approximate surface area is 106 Å². The molecule has 0 fully saturated rings. The molecule has 0 aliphatic carbocycles. The zero-order valence-electron chi connectivity index (χ0n) is 10.6. The van der Waals surface area contributed by atoms with Gasteiger partial charge in [0.1, 0.15) is 0 Å². The third-order valence-electron chi connectivity index (χ3n) is 2.25. The van der Waals surface area contributed by atoms with Gasteiger partial charge in [-0.15, -0.1) is 6.58 Å². The third kappa shape index (κ3) is 4.40. The average Bonchev–Trinajstić information content (AvgIpc) is 2.28. The summed E-state index contributed by atoms with van der Waals surface area (Å²) in [6, 6.07) is 5.69. The zero-order valence-corrected chi connectivity index (χ0v) is 11.5. The van der Waals surface area contributed by atoms with Crippen LogP contribution in [0.15, 0.2) is 37.1 Å². The van der Waals surface area contributed by atoms with Gasteiger partial charge in [-0.1, -0.05) is 12.1 Å². The quantitative estimate of drug-likeness (QED) is 0.819. The number of pyridine rings is 1. The first-order valence-corrected chi connectivity index (χ1v) is 6.80. The smallest absolute Gasteiger partial charge is 0.0976 e. The highest BCUT2D eigenvalue weighted by molar-refractivity contribution is 7.84. The number of aromatic nitrogens is 1. The van der Waals surface area contributed by atoms with Gasteiger partial charge < -0.3 is 0 Å². The molecule has 0 bridgehead atoms. The fourth-order valence-electron chi connectivity index (χ4n) is 1.28. The molecule has 1 rings (SSSR count). The molecule has 1 N–H and O–H groups in total. The van der Waals surface area contributed by atoms with Gasteiger partial charge in [0.2, 0.25) is 0 Å². The molecule has 1 aromatic heterocycles. The van der Waals surface area contributed by atoms with Gasteiger partial charge in [-0.3, -0.25) is 4.98 Å². The van der Waals surface area contributed by atoms with Crippen molar-refractivity contribution in [2.45, 2.75) is 38.0 Å². The van der Waals surface area contributed by atoms with E-state index in [1.807, 2.05) is 45.0 Å². The Morgan fingerprint density at radius 2 is 2.24 bits per heavy atom. The van der Waals surface area contributed by atoms with Gasteiger partial charge in [0, 0.05) is 6.20 Å². The second kappa shape index (κ2) is 6.07. The van der Waals surface area contributed by atoms with E-state index in [1.54, 1.807) is 6.20 Å². The van der Waals surface area contributed by atoms with E-state index in [4.69, 9.17) is 0 Å². The maximum absolute atomic E-state index is 12.1. The van der Waals surface area contributed by atoms with E-state index in [0.29, 0.717) is 6.42 Å². The number of hydrogen-bond acceptors (Lipinski definition) is 2. The lowest BCUT2D eigenvalue weighted by Crippen LogP contribution is -2.35. The van der Waals surface area contributed by atoms with Crippen LogP contribution < -0.4 is 4.72 Å². The van der Waals surface area contributed by atoms with Gasteiger partial charge in [-0.05, 0) is 39.3 Å². The van der Waals surface area contributed by atoms with Gasteiger partial charge >= 0.3 is 0 Å². The molecular weight excluding hydrogens is 232 g/mol. The summed E-state index contributed by atoms with van der Waals surface area (Å²) in [6.07, 6.45) is 4.26. The Balaban J connectivity index is 2.81. The summed E-state index contributed by atoms with van der Waals surface area (Å²) in [6.45, 7) is 9.56. The number of hydrogen-bond donors (Lipinski definition) is 1. The SMILES string of the molecule is C=CCC(NS(=O)C(C)(C)C)c1ccccn1. The van der Waals surface area contributed by atoms with Crippen molar-refractivity contribution in [1.82, 2.24) is 9.71 Å². The molecule has 0 saturated carbocycles. The zero-order chi connectivity index (χ0) is 12.9. The van der Waals surface area contributed by atoms with E-state index in [-0.39, 0.29) is 10.8 Å². The highest BCUT2D eigenvalue weighted by atomic mass is 32.2. The Morgan fingerprint density at radius 3 is 2.71 bits per heavy atom. The molecule has 0 aliphatic heterocycles. The largest absolute Gasteiger partial charge is 0.260 e. The van der Waals surface area contributed by atoms with Gasteiger partial charge in [0.25, 0.3) is 0 Å². The Kier molecular flexibility index (Phi) is 5.02. The minimum atomic E-state index is -1.11. The molecule has 0 amide bonds. The van der Waals surface area contributed by atoms with Crippen LogP contribution in [-0.2, 0) is 11.0 Å². The summed E-state index contributed by atoms with van der Waals surface area (Å²) >= 11 is 0. The predicted molar refractivity (Wildman–Crippen MR) is 72.8 cm³/mol. The van der Waals surface area contributed by atoms with Gasteiger partial charge in [-0.25, -0.2) is 8.93 Å². The van der Waals surface area contributed by atoms with Gasteiger partial charge in [0.05, 0.1) is 27.5 Å². The molecule has 0 saturated heterocycles. The number of nitrogens with one attached hydrogen (secondary N) is 1. The van der Waals surface area contributed by atoms with Crippen molar-refractivity contribution in [3.05, 3.63) is 42.7 Å². The van der Waals surface area contributed by atoms with Crippen LogP contribution in [0.5, 0.6) is 0 Å². The molecule has 2 atom stereocenters. The highest BCUT2D eigenvalue weighted by Gasteiger charge is 2.23. The highest BCUT2D eigenvalue weighted by Crippen LogP contribution is 2.18. The maximum Gasteiger partial charge on any atom is 0.0976 e. The molecular formula is C13H20N2OS. The van der Waals surface area contributed by atoms with Crippen LogP contribution in [0.25, 0.3) is 0 Å². The predicted octanol–water partition coefficient (Wildman–Crippen LogP) is 2.75. The summed E-state index contributed by atoms with van der Waals surface area (Å²) in [5.74, 6) is 0. The van der Waals surface area contributed by atoms with Crippen molar-refractivity contribution in [3.8, 4) is 0 Å². The Morgan fingerprint density at radius 1 is 1.53 bits per heavy atom. The van der Waals surface area contributed by atoms with Crippen molar-refractivity contribution >= 4 is 11.0 Å². The van der Waals surface area contributed by atoms with Crippen molar-refractivity contribution in [2.75, 3.05) is 0 Å². The summed E-state index contributed by atoms with van der Waals surface area (Å²) in [5.41, 5.74) is 0.894. The molecule has 4 heteroatoms. The summed E-state index contributed by atoms with van der Waals surface area (Å²) in [5, 5.41) is 0. The fourth-order valence-corrected chi connectivity index (χ4v) is 2.11. The van der Waals surface area contributed by atoms with Crippen molar-refractivity contribution < 1.29 is 4.21 Å². The first-order chi connectivity index (χ1) is 7.95. The third-order valence-corrected chi connectivity index (χ3v) is 3.86. The molecule has 94 valence electrons. The van der Waals surface area contributed by atoms with Gasteiger partial charge in [-0.2, -0.15) is 0 Å². The number of nitrogens with zero attached hydrogens (tertiary/aromatic N) is 1. The molecule has 0 spiro atoms. The normalized spacial score (nSPS) is 15.2. The standard InChI is InChI=1S/C13H20N2OS/c1-5-8-12(11-9-6-7-10-14-11)15-17(16)13(2,3)4/h5-7,9-10,12,15H,1,8H2,2-4H3.